The molecule has 0 fully saturated rings. The first-order chi connectivity index (χ1) is 17.6. The van der Waals surface area contributed by atoms with E-state index in [0.717, 1.165) is 45.7 Å². The highest BCUT2D eigenvalue weighted by Gasteiger charge is 2.28. The lowest BCUT2D eigenvalue weighted by Gasteiger charge is -2.12. The number of furan rings is 1. The van der Waals surface area contributed by atoms with Crippen molar-refractivity contribution < 1.29 is 23.5 Å². The van der Waals surface area contributed by atoms with Gasteiger partial charge in [0.05, 0.1) is 30.1 Å². The highest BCUT2D eigenvalue weighted by molar-refractivity contribution is 6.07. The highest BCUT2D eigenvalue weighted by atomic mass is 16.5. The number of rotatable bonds is 8. The van der Waals surface area contributed by atoms with E-state index in [0.29, 0.717) is 30.5 Å². The van der Waals surface area contributed by atoms with Crippen molar-refractivity contribution in [1.29, 1.82) is 0 Å². The molecule has 0 saturated carbocycles. The number of aromatic nitrogens is 1. The average molecular weight is 483 g/mol. The fourth-order valence-electron chi connectivity index (χ4n) is 4.45. The summed E-state index contributed by atoms with van der Waals surface area (Å²) < 4.78 is 16.1. The fraction of sp³-hybridized carbons (Fsp3) is 0.207. The van der Waals surface area contributed by atoms with E-state index in [1.54, 1.807) is 13.4 Å². The van der Waals surface area contributed by atoms with E-state index in [1.165, 1.54) is 0 Å². The summed E-state index contributed by atoms with van der Waals surface area (Å²) in [7, 11) is 1.62. The Morgan fingerprint density at radius 1 is 1.06 bits per heavy atom. The van der Waals surface area contributed by atoms with Crippen molar-refractivity contribution in [3.8, 4) is 5.75 Å². The number of carbonyl (C=O) groups excluding carboxylic acids is 2. The summed E-state index contributed by atoms with van der Waals surface area (Å²) in [4.78, 5) is 30.4. The van der Waals surface area contributed by atoms with Crippen molar-refractivity contribution in [3.05, 3.63) is 95.1 Å². The number of nitrogens with zero attached hydrogens (tertiary/aromatic N) is 1. The van der Waals surface area contributed by atoms with E-state index >= 15 is 0 Å². The van der Waals surface area contributed by atoms with Crippen LogP contribution in [0.1, 0.15) is 39.4 Å². The number of amides is 1. The lowest BCUT2D eigenvalue weighted by atomic mass is 10.0. The van der Waals surface area contributed by atoms with Crippen LogP contribution in [-0.4, -0.2) is 37.1 Å². The molecule has 182 valence electrons. The molecule has 0 spiro atoms. The first-order valence-electron chi connectivity index (χ1n) is 11.8. The molecule has 2 aromatic carbocycles. The molecule has 0 saturated heterocycles. The number of benzene rings is 2. The Hall–Kier alpha value is -4.39. The van der Waals surface area contributed by atoms with Gasteiger partial charge in [-0.05, 0) is 72.4 Å². The van der Waals surface area contributed by atoms with E-state index in [-0.39, 0.29) is 12.5 Å². The van der Waals surface area contributed by atoms with Crippen LogP contribution in [0.5, 0.6) is 5.75 Å². The molecule has 0 unspecified atom stereocenters. The van der Waals surface area contributed by atoms with E-state index in [4.69, 9.17) is 18.9 Å². The molecule has 4 aromatic rings. The third kappa shape index (κ3) is 5.00. The van der Waals surface area contributed by atoms with E-state index < -0.39 is 5.97 Å². The molecule has 2 aromatic heterocycles. The first kappa shape index (κ1) is 23.4. The Morgan fingerprint density at radius 3 is 2.67 bits per heavy atom. The summed E-state index contributed by atoms with van der Waals surface area (Å²) in [5.74, 6) is 0.663. The zero-order chi connectivity index (χ0) is 24.9. The number of allylic oxidation sites excluding steroid dienone is 1. The van der Waals surface area contributed by atoms with E-state index in [1.807, 2.05) is 66.7 Å². The van der Waals surface area contributed by atoms with Gasteiger partial charge in [-0.3, -0.25) is 4.79 Å². The number of ether oxygens (including phenoxy) is 2. The zero-order valence-corrected chi connectivity index (χ0v) is 20.0. The zero-order valence-electron chi connectivity index (χ0n) is 20.0. The second-order valence-corrected chi connectivity index (χ2v) is 8.54. The number of esters is 1. The van der Waals surface area contributed by atoms with Crippen molar-refractivity contribution in [1.82, 2.24) is 10.3 Å². The van der Waals surface area contributed by atoms with Crippen LogP contribution in [0.4, 0.5) is 0 Å². The van der Waals surface area contributed by atoms with Gasteiger partial charge < -0.3 is 19.2 Å². The topological polar surface area (TPSA) is 90.7 Å². The van der Waals surface area contributed by atoms with Crippen molar-refractivity contribution >= 4 is 34.4 Å². The summed E-state index contributed by atoms with van der Waals surface area (Å²) in [5, 5.41) is 3.53. The fourth-order valence-corrected chi connectivity index (χ4v) is 4.45. The molecule has 36 heavy (non-hydrogen) atoms. The maximum Gasteiger partial charge on any atom is 0.339 e. The molecule has 1 aliphatic carbocycles. The van der Waals surface area contributed by atoms with Crippen LogP contribution in [0.2, 0.25) is 0 Å². The number of pyridine rings is 1. The molecule has 7 heteroatoms. The summed E-state index contributed by atoms with van der Waals surface area (Å²) >= 11 is 0. The normalized spacial score (nSPS) is 13.5. The van der Waals surface area contributed by atoms with Gasteiger partial charge >= 0.3 is 5.97 Å². The van der Waals surface area contributed by atoms with E-state index in [2.05, 4.69) is 5.32 Å². The molecule has 1 N–H and O–H groups in total. The molecule has 2 heterocycles. The molecule has 0 aliphatic heterocycles. The quantitative estimate of drug-likeness (QED) is 0.362. The molecular weight excluding hydrogens is 456 g/mol. The molecule has 1 aliphatic rings. The number of hydrogen-bond donors (Lipinski definition) is 1. The van der Waals surface area contributed by atoms with Gasteiger partial charge in [0.2, 0.25) is 0 Å². The average Bonchev–Trinajstić information content (AvgIpc) is 3.56. The Bertz CT molecular complexity index is 1420. The SMILES string of the molecule is COc1ccc(CCNC(=O)COC(=O)c2c3c(nc4ccccc24)/C(=C/c2ccco2)CC3)cc1. The Labute approximate surface area is 208 Å². The van der Waals surface area contributed by atoms with Crippen LogP contribution in [0.3, 0.4) is 0 Å². The van der Waals surface area contributed by atoms with Crippen molar-refractivity contribution in [2.45, 2.75) is 19.3 Å². The predicted molar refractivity (Wildman–Crippen MR) is 137 cm³/mol. The molecule has 0 bridgehead atoms. The molecule has 1 amide bonds. The largest absolute Gasteiger partial charge is 0.497 e. The monoisotopic (exact) mass is 482 g/mol. The Morgan fingerprint density at radius 2 is 1.89 bits per heavy atom. The van der Waals surface area contributed by atoms with Crippen molar-refractivity contribution in [3.63, 3.8) is 0 Å². The highest BCUT2D eigenvalue weighted by Crippen LogP contribution is 2.37. The van der Waals surface area contributed by atoms with E-state index in [9.17, 15) is 9.59 Å². The van der Waals surface area contributed by atoms with Gasteiger partial charge in [-0.25, -0.2) is 9.78 Å². The maximum atomic E-state index is 13.2. The third-order valence-electron chi connectivity index (χ3n) is 6.23. The molecule has 5 rings (SSSR count). The summed E-state index contributed by atoms with van der Waals surface area (Å²) in [5.41, 5.74) is 4.89. The summed E-state index contributed by atoms with van der Waals surface area (Å²) in [6.45, 7) is 0.0964. The molecule has 0 atom stereocenters. The Balaban J connectivity index is 1.28. The van der Waals surface area contributed by atoms with Gasteiger partial charge in [-0.2, -0.15) is 0 Å². The second kappa shape index (κ2) is 10.5. The van der Waals surface area contributed by atoms with Gasteiger partial charge in [-0.1, -0.05) is 30.3 Å². The van der Waals surface area contributed by atoms with Gasteiger partial charge in [0.25, 0.3) is 5.91 Å². The number of methoxy groups -OCH3 is 1. The smallest absolute Gasteiger partial charge is 0.339 e. The Kier molecular flexibility index (Phi) is 6.80. The maximum absolute atomic E-state index is 13.2. The summed E-state index contributed by atoms with van der Waals surface area (Å²) in [6, 6.07) is 18.9. The number of carbonyl (C=O) groups is 2. The van der Waals surface area contributed by atoms with Crippen LogP contribution in [0.15, 0.2) is 71.3 Å². The standard InChI is InChI=1S/C29H26N2O5/c1-34-21-11-8-19(9-12-21)14-15-30-26(32)18-36-29(33)27-23-6-2-3-7-25(23)31-28-20(10-13-24(27)28)17-22-5-4-16-35-22/h2-9,11-12,16-17H,10,13-15,18H2,1H3,(H,30,32)/b20-17+. The van der Waals surface area contributed by atoms with Crippen LogP contribution >= 0.6 is 0 Å². The molecule has 0 radical (unpaired) electrons. The number of hydrogen-bond acceptors (Lipinski definition) is 6. The van der Waals surface area contributed by atoms with Crippen molar-refractivity contribution in [2.24, 2.45) is 0 Å². The second-order valence-electron chi connectivity index (χ2n) is 8.54. The van der Waals surface area contributed by atoms with Gasteiger partial charge in [0, 0.05) is 11.9 Å². The third-order valence-corrected chi connectivity index (χ3v) is 6.23. The van der Waals surface area contributed by atoms with Crippen molar-refractivity contribution in [2.75, 3.05) is 20.3 Å². The predicted octanol–water partition coefficient (Wildman–Crippen LogP) is 4.84. The first-order valence-corrected chi connectivity index (χ1v) is 11.8. The lowest BCUT2D eigenvalue weighted by Crippen LogP contribution is -2.30. The number of fused-ring (bicyclic) bond motifs is 2. The minimum Gasteiger partial charge on any atom is -0.497 e. The summed E-state index contributed by atoms with van der Waals surface area (Å²) in [6.07, 6.45) is 5.65. The van der Waals surface area contributed by atoms with Gasteiger partial charge in [0.15, 0.2) is 6.61 Å². The van der Waals surface area contributed by atoms with Gasteiger partial charge in [-0.15, -0.1) is 0 Å². The van der Waals surface area contributed by atoms with Crippen LogP contribution in [0.25, 0.3) is 22.6 Å². The lowest BCUT2D eigenvalue weighted by molar-refractivity contribution is -0.124. The van der Waals surface area contributed by atoms with Crippen LogP contribution in [-0.2, 0) is 22.4 Å². The minimum absolute atomic E-state index is 0.342. The van der Waals surface area contributed by atoms with Crippen LogP contribution in [0, 0.1) is 0 Å². The molecular formula is C29H26N2O5. The van der Waals surface area contributed by atoms with Gasteiger partial charge in [0.1, 0.15) is 11.5 Å². The number of nitrogens with one attached hydrogen (secondary N) is 1. The minimum atomic E-state index is -0.519. The number of para-hydroxylation sites is 1. The van der Waals surface area contributed by atoms with Crippen LogP contribution < -0.4 is 10.1 Å². The molecule has 7 nitrogen and oxygen atoms in total.